The van der Waals surface area contributed by atoms with E-state index in [0.29, 0.717) is 0 Å². The lowest BCUT2D eigenvalue weighted by atomic mass is 10.0. The highest BCUT2D eigenvalue weighted by Crippen LogP contribution is 2.31. The Morgan fingerprint density at radius 1 is 1.09 bits per heavy atom. The van der Waals surface area contributed by atoms with Gasteiger partial charge >= 0.3 is 11.9 Å². The molecule has 3 N–H and O–H groups in total. The molecule has 0 radical (unpaired) electrons. The Kier molecular flexibility index (Phi) is 5.58. The van der Waals surface area contributed by atoms with Crippen LogP contribution in [0.25, 0.3) is 0 Å². The fraction of sp³-hybridized carbons (Fsp3) is 0.714. The normalized spacial score (nSPS) is 32.4. The van der Waals surface area contributed by atoms with E-state index in [-0.39, 0.29) is 25.3 Å². The molecule has 130 valence electrons. The van der Waals surface area contributed by atoms with E-state index in [1.165, 1.54) is 11.1 Å². The molecule has 2 rings (SSSR count). The van der Waals surface area contributed by atoms with Crippen molar-refractivity contribution in [3.8, 4) is 0 Å². The van der Waals surface area contributed by atoms with E-state index in [0.717, 1.165) is 0 Å². The second-order valence-electron chi connectivity index (χ2n) is 5.22. The third-order valence-electron chi connectivity index (χ3n) is 3.69. The second kappa shape index (κ2) is 7.26. The summed E-state index contributed by atoms with van der Waals surface area (Å²) in [5, 5.41) is 29.5. The van der Waals surface area contributed by atoms with Gasteiger partial charge in [0.2, 0.25) is 0 Å². The zero-order chi connectivity index (χ0) is 17.1. The van der Waals surface area contributed by atoms with E-state index in [9.17, 15) is 24.9 Å². The molecule has 0 aromatic rings. The van der Waals surface area contributed by atoms with Crippen LogP contribution in [0.4, 0.5) is 0 Å². The second-order valence-corrected chi connectivity index (χ2v) is 5.22. The molecule has 9 nitrogen and oxygen atoms in total. The van der Waals surface area contributed by atoms with Gasteiger partial charge in [-0.3, -0.25) is 0 Å². The van der Waals surface area contributed by atoms with Crippen molar-refractivity contribution in [2.24, 2.45) is 0 Å². The number of likely N-dealkylation sites (tertiary alicyclic amines) is 1. The Morgan fingerprint density at radius 3 is 2.17 bits per heavy atom. The Bertz CT molecular complexity index is 471. The number of nitrogens with zero attached hydrogens (tertiary/aromatic N) is 1. The van der Waals surface area contributed by atoms with Crippen molar-refractivity contribution in [2.75, 3.05) is 19.8 Å². The monoisotopic (exact) mass is 331 g/mol. The van der Waals surface area contributed by atoms with Crippen LogP contribution in [0.1, 0.15) is 13.8 Å². The van der Waals surface area contributed by atoms with Crippen molar-refractivity contribution >= 4 is 11.9 Å². The lowest BCUT2D eigenvalue weighted by Crippen LogP contribution is -2.54. The van der Waals surface area contributed by atoms with Crippen molar-refractivity contribution < 1.29 is 39.1 Å². The molecule has 2 heterocycles. The first kappa shape index (κ1) is 17.7. The molecule has 23 heavy (non-hydrogen) atoms. The topological polar surface area (TPSA) is 126 Å². The van der Waals surface area contributed by atoms with Crippen molar-refractivity contribution in [3.63, 3.8) is 0 Å². The van der Waals surface area contributed by atoms with Gasteiger partial charge in [0.25, 0.3) is 0 Å². The lowest BCUT2D eigenvalue weighted by molar-refractivity contribution is -0.205. The van der Waals surface area contributed by atoms with Crippen LogP contribution >= 0.6 is 0 Å². The molecule has 2 aliphatic heterocycles. The summed E-state index contributed by atoms with van der Waals surface area (Å²) < 4.78 is 15.1. The van der Waals surface area contributed by atoms with Crippen LogP contribution in [0.2, 0.25) is 0 Å². The number of rotatable bonds is 5. The number of ether oxygens (including phenoxy) is 3. The van der Waals surface area contributed by atoms with E-state index < -0.39 is 42.6 Å². The molecule has 2 aliphatic rings. The molecule has 0 aromatic carbocycles. The Hall–Kier alpha value is -1.68. The number of esters is 2. The maximum Gasteiger partial charge on any atom is 0.347 e. The molecule has 0 saturated carbocycles. The molecule has 2 saturated heterocycles. The van der Waals surface area contributed by atoms with E-state index in [2.05, 4.69) is 0 Å². The molecular formula is C14H21NO8. The summed E-state index contributed by atoms with van der Waals surface area (Å²) in [6.07, 6.45) is -4.54. The van der Waals surface area contributed by atoms with Crippen molar-refractivity contribution in [1.82, 2.24) is 4.90 Å². The molecular weight excluding hydrogens is 310 g/mol. The van der Waals surface area contributed by atoms with Crippen LogP contribution in [-0.2, 0) is 23.8 Å². The lowest BCUT2D eigenvalue weighted by Gasteiger charge is -2.34. The molecule has 2 bridgehead atoms. The first-order valence-electron chi connectivity index (χ1n) is 7.42. The summed E-state index contributed by atoms with van der Waals surface area (Å²) in [4.78, 5) is 25.2. The minimum absolute atomic E-state index is 0.0815. The van der Waals surface area contributed by atoms with E-state index in [1.54, 1.807) is 13.8 Å². The SMILES string of the molecule is CCOC(=O)C(=CN1C[C@H]2O[C@@H]1[C@@H](O)[C@@H](O)[C@@H]2O)C(=O)OCC. The van der Waals surface area contributed by atoms with Gasteiger partial charge in [-0.2, -0.15) is 0 Å². The van der Waals surface area contributed by atoms with Gasteiger partial charge in [-0.05, 0) is 13.8 Å². The van der Waals surface area contributed by atoms with Gasteiger partial charge in [-0.15, -0.1) is 0 Å². The number of carbonyl (C=O) groups is 2. The summed E-state index contributed by atoms with van der Waals surface area (Å²) in [7, 11) is 0. The van der Waals surface area contributed by atoms with Crippen LogP contribution in [-0.4, -0.2) is 82.6 Å². The molecule has 0 unspecified atom stereocenters. The van der Waals surface area contributed by atoms with Gasteiger partial charge in [0.05, 0.1) is 13.2 Å². The number of carbonyl (C=O) groups excluding carboxylic acids is 2. The van der Waals surface area contributed by atoms with Gasteiger partial charge in [0, 0.05) is 12.7 Å². The molecule has 5 atom stereocenters. The number of hydrogen-bond acceptors (Lipinski definition) is 9. The first-order valence-corrected chi connectivity index (χ1v) is 7.42. The van der Waals surface area contributed by atoms with Crippen LogP contribution < -0.4 is 0 Å². The zero-order valence-electron chi connectivity index (χ0n) is 12.9. The minimum atomic E-state index is -1.38. The number of aliphatic hydroxyl groups is 3. The number of hydrogen-bond donors (Lipinski definition) is 3. The van der Waals surface area contributed by atoms with E-state index >= 15 is 0 Å². The van der Waals surface area contributed by atoms with Crippen molar-refractivity contribution in [2.45, 2.75) is 44.5 Å². The van der Waals surface area contributed by atoms with E-state index in [1.807, 2.05) is 0 Å². The average molecular weight is 331 g/mol. The molecule has 0 amide bonds. The van der Waals surface area contributed by atoms with Crippen molar-refractivity contribution in [3.05, 3.63) is 11.8 Å². The zero-order valence-corrected chi connectivity index (χ0v) is 12.9. The Labute approximate surface area is 133 Å². The first-order chi connectivity index (χ1) is 10.9. The highest BCUT2D eigenvalue weighted by molar-refractivity contribution is 6.13. The van der Waals surface area contributed by atoms with Crippen LogP contribution in [0.15, 0.2) is 11.8 Å². The van der Waals surface area contributed by atoms with Gasteiger partial charge in [-0.1, -0.05) is 0 Å². The molecule has 9 heteroatoms. The molecule has 0 aromatic heterocycles. The maximum atomic E-state index is 11.9. The highest BCUT2D eigenvalue weighted by atomic mass is 16.6. The Balaban J connectivity index is 2.25. The summed E-state index contributed by atoms with van der Waals surface area (Å²) in [5.74, 6) is -1.72. The fourth-order valence-electron chi connectivity index (χ4n) is 2.57. The van der Waals surface area contributed by atoms with Crippen molar-refractivity contribution in [1.29, 1.82) is 0 Å². The van der Waals surface area contributed by atoms with Gasteiger partial charge in [0.1, 0.15) is 24.4 Å². The third kappa shape index (κ3) is 3.47. The van der Waals surface area contributed by atoms with Crippen LogP contribution in [0.3, 0.4) is 0 Å². The number of fused-ring (bicyclic) bond motifs is 2. The summed E-state index contributed by atoms with van der Waals surface area (Å²) in [6.45, 7) is 3.46. The standard InChI is InChI=1S/C14H21NO8/c1-3-21-13(19)7(14(20)22-4-2)5-15-6-8-9(16)10(17)11(18)12(15)23-8/h5,8-12,16-18H,3-4,6H2,1-2H3/t8-,9-,10+,11+,12-/m1/s1. The highest BCUT2D eigenvalue weighted by Gasteiger charge is 2.51. The molecule has 0 aliphatic carbocycles. The van der Waals surface area contributed by atoms with Gasteiger partial charge in [0.15, 0.2) is 11.8 Å². The predicted octanol–water partition coefficient (Wildman–Crippen LogP) is -1.88. The number of aliphatic hydroxyl groups excluding tert-OH is 3. The summed E-state index contributed by atoms with van der Waals surface area (Å²) in [5.41, 5.74) is -0.346. The van der Waals surface area contributed by atoms with Gasteiger partial charge in [-0.25, -0.2) is 9.59 Å². The smallest absolute Gasteiger partial charge is 0.347 e. The summed E-state index contributed by atoms with van der Waals surface area (Å²) in [6, 6.07) is 0. The van der Waals surface area contributed by atoms with Gasteiger partial charge < -0.3 is 34.4 Å². The predicted molar refractivity (Wildman–Crippen MR) is 74.7 cm³/mol. The third-order valence-corrected chi connectivity index (χ3v) is 3.69. The average Bonchev–Trinajstić information content (AvgIpc) is 2.90. The molecule has 2 fully saturated rings. The minimum Gasteiger partial charge on any atom is -0.462 e. The van der Waals surface area contributed by atoms with Crippen LogP contribution in [0.5, 0.6) is 0 Å². The maximum absolute atomic E-state index is 11.9. The fourth-order valence-corrected chi connectivity index (χ4v) is 2.57. The largest absolute Gasteiger partial charge is 0.462 e. The quantitative estimate of drug-likeness (QED) is 0.230. The van der Waals surface area contributed by atoms with E-state index in [4.69, 9.17) is 14.2 Å². The summed E-state index contributed by atoms with van der Waals surface area (Å²) >= 11 is 0. The molecule has 0 spiro atoms. The van der Waals surface area contributed by atoms with Crippen LogP contribution in [0, 0.1) is 0 Å². The Morgan fingerprint density at radius 2 is 1.65 bits per heavy atom.